The topological polar surface area (TPSA) is 61.6 Å². The minimum absolute atomic E-state index is 0.0169. The van der Waals surface area contributed by atoms with Gasteiger partial charge in [0.2, 0.25) is 0 Å². The van der Waals surface area contributed by atoms with Crippen molar-refractivity contribution in [3.8, 4) is 0 Å². The van der Waals surface area contributed by atoms with Crippen LogP contribution in [0.5, 0.6) is 0 Å². The molecule has 3 rings (SSSR count). The van der Waals surface area contributed by atoms with Crippen LogP contribution in [0.25, 0.3) is 0 Å². The summed E-state index contributed by atoms with van der Waals surface area (Å²) in [7, 11) is 0. The van der Waals surface area contributed by atoms with Crippen molar-refractivity contribution < 1.29 is 9.21 Å². The molecule has 23 heavy (non-hydrogen) atoms. The number of hydrogen-bond acceptors (Lipinski definition) is 5. The van der Waals surface area contributed by atoms with Crippen molar-refractivity contribution in [2.45, 2.75) is 27.3 Å². The fourth-order valence-electron chi connectivity index (χ4n) is 2.57. The zero-order valence-electron chi connectivity index (χ0n) is 13.8. The van der Waals surface area contributed by atoms with Crippen LogP contribution in [0, 0.1) is 20.8 Å². The Morgan fingerprint density at radius 2 is 2.04 bits per heavy atom. The number of amides is 2. The molecule has 0 spiro atoms. The summed E-state index contributed by atoms with van der Waals surface area (Å²) in [5.41, 5.74) is 2.12. The number of carbonyl (C=O) groups excluding carboxylic acids is 1. The first-order chi connectivity index (χ1) is 11.0. The van der Waals surface area contributed by atoms with Gasteiger partial charge in [0.1, 0.15) is 5.76 Å². The number of urea groups is 1. The van der Waals surface area contributed by atoms with Crippen molar-refractivity contribution in [2.24, 2.45) is 0 Å². The van der Waals surface area contributed by atoms with Gasteiger partial charge in [0.15, 0.2) is 5.13 Å². The van der Waals surface area contributed by atoms with Crippen molar-refractivity contribution >= 4 is 22.5 Å². The average molecular weight is 334 g/mol. The highest BCUT2D eigenvalue weighted by Gasteiger charge is 2.23. The Kier molecular flexibility index (Phi) is 4.56. The Labute approximate surface area is 140 Å². The molecule has 3 heterocycles. The normalized spacial score (nSPS) is 15.1. The number of rotatable bonds is 3. The van der Waals surface area contributed by atoms with E-state index in [1.165, 1.54) is 4.88 Å². The van der Waals surface area contributed by atoms with E-state index in [2.05, 4.69) is 22.1 Å². The number of thiazole rings is 1. The first-order valence-electron chi connectivity index (χ1n) is 7.79. The molecule has 0 bridgehead atoms. The molecule has 1 saturated heterocycles. The van der Waals surface area contributed by atoms with Gasteiger partial charge in [-0.2, -0.15) is 0 Å². The minimum atomic E-state index is -0.0169. The summed E-state index contributed by atoms with van der Waals surface area (Å²) < 4.78 is 5.24. The number of furan rings is 1. The van der Waals surface area contributed by atoms with E-state index in [0.717, 1.165) is 35.2 Å². The lowest BCUT2D eigenvalue weighted by atomic mass is 10.2. The van der Waals surface area contributed by atoms with Crippen molar-refractivity contribution in [3.63, 3.8) is 0 Å². The first-order valence-corrected chi connectivity index (χ1v) is 8.61. The van der Waals surface area contributed by atoms with Crippen LogP contribution in [0.3, 0.4) is 0 Å². The first kappa shape index (κ1) is 15.9. The molecular weight excluding hydrogens is 312 g/mol. The second-order valence-corrected chi connectivity index (χ2v) is 6.95. The molecule has 0 radical (unpaired) electrons. The molecule has 1 fully saturated rings. The van der Waals surface area contributed by atoms with Crippen LogP contribution in [0.2, 0.25) is 0 Å². The van der Waals surface area contributed by atoms with Gasteiger partial charge in [-0.3, -0.25) is 0 Å². The maximum absolute atomic E-state index is 12.3. The van der Waals surface area contributed by atoms with Crippen molar-refractivity contribution in [1.29, 1.82) is 0 Å². The highest BCUT2D eigenvalue weighted by atomic mass is 32.1. The van der Waals surface area contributed by atoms with E-state index >= 15 is 0 Å². The fraction of sp³-hybridized carbons (Fsp3) is 0.500. The third kappa shape index (κ3) is 3.50. The molecule has 0 aromatic carbocycles. The van der Waals surface area contributed by atoms with E-state index in [1.807, 2.05) is 24.8 Å². The molecule has 1 aliphatic heterocycles. The minimum Gasteiger partial charge on any atom is -0.469 e. The fourth-order valence-corrected chi connectivity index (χ4v) is 3.53. The lowest BCUT2D eigenvalue weighted by molar-refractivity contribution is 0.194. The van der Waals surface area contributed by atoms with Crippen LogP contribution in [0.1, 0.15) is 21.9 Å². The van der Waals surface area contributed by atoms with Crippen molar-refractivity contribution in [3.05, 3.63) is 34.2 Å². The van der Waals surface area contributed by atoms with E-state index in [9.17, 15) is 4.79 Å². The standard InChI is InChI=1S/C16H22N4O2S/c1-11-13(3)23-16(18-11)20-7-5-19(6-8-20)15(21)17-10-14-4-9-22-12(14)2/h4,9H,5-8,10H2,1-3H3,(H,17,21). The van der Waals surface area contributed by atoms with Crippen LogP contribution < -0.4 is 10.2 Å². The number of anilines is 1. The van der Waals surface area contributed by atoms with Gasteiger partial charge in [-0.1, -0.05) is 0 Å². The Hall–Kier alpha value is -2.02. The van der Waals surface area contributed by atoms with Gasteiger partial charge >= 0.3 is 6.03 Å². The molecule has 6 nitrogen and oxygen atoms in total. The summed E-state index contributed by atoms with van der Waals surface area (Å²) >= 11 is 1.73. The zero-order valence-corrected chi connectivity index (χ0v) is 14.6. The maximum atomic E-state index is 12.3. The van der Waals surface area contributed by atoms with Crippen molar-refractivity contribution in [1.82, 2.24) is 15.2 Å². The van der Waals surface area contributed by atoms with Gasteiger partial charge in [-0.25, -0.2) is 9.78 Å². The molecule has 2 aromatic heterocycles. The number of carbonyl (C=O) groups is 1. The maximum Gasteiger partial charge on any atom is 0.317 e. The summed E-state index contributed by atoms with van der Waals surface area (Å²) in [5.74, 6) is 0.852. The van der Waals surface area contributed by atoms with Gasteiger partial charge < -0.3 is 19.5 Å². The van der Waals surface area contributed by atoms with E-state index in [1.54, 1.807) is 17.6 Å². The second-order valence-electron chi connectivity index (χ2n) is 5.77. The number of aryl methyl sites for hydroxylation is 3. The van der Waals surface area contributed by atoms with Gasteiger partial charge in [0, 0.05) is 43.2 Å². The van der Waals surface area contributed by atoms with Crippen LogP contribution >= 0.6 is 11.3 Å². The number of aromatic nitrogens is 1. The lowest BCUT2D eigenvalue weighted by Gasteiger charge is -2.34. The number of piperazine rings is 1. The number of nitrogens with one attached hydrogen (secondary N) is 1. The van der Waals surface area contributed by atoms with Crippen LogP contribution in [-0.4, -0.2) is 42.1 Å². The van der Waals surface area contributed by atoms with Crippen molar-refractivity contribution in [2.75, 3.05) is 31.1 Å². The predicted octanol–water partition coefficient (Wildman–Crippen LogP) is 2.69. The molecule has 0 unspecified atom stereocenters. The van der Waals surface area contributed by atoms with Gasteiger partial charge in [0.25, 0.3) is 0 Å². The Bertz CT molecular complexity index is 667. The molecule has 1 aliphatic rings. The van der Waals surface area contributed by atoms with E-state index in [0.29, 0.717) is 19.6 Å². The van der Waals surface area contributed by atoms with Gasteiger partial charge in [-0.05, 0) is 26.8 Å². The molecule has 0 saturated carbocycles. The lowest BCUT2D eigenvalue weighted by Crippen LogP contribution is -2.51. The van der Waals surface area contributed by atoms with E-state index < -0.39 is 0 Å². The van der Waals surface area contributed by atoms with Gasteiger partial charge in [0.05, 0.1) is 12.0 Å². The Morgan fingerprint density at radius 1 is 1.30 bits per heavy atom. The number of nitrogens with zero attached hydrogens (tertiary/aromatic N) is 3. The zero-order chi connectivity index (χ0) is 16.4. The number of hydrogen-bond donors (Lipinski definition) is 1. The molecule has 0 atom stereocenters. The third-order valence-corrected chi connectivity index (χ3v) is 5.38. The monoisotopic (exact) mass is 334 g/mol. The Morgan fingerprint density at radius 3 is 2.61 bits per heavy atom. The molecule has 2 amide bonds. The quantitative estimate of drug-likeness (QED) is 0.937. The van der Waals surface area contributed by atoms with E-state index in [4.69, 9.17) is 4.42 Å². The van der Waals surface area contributed by atoms with Crippen LogP contribution in [0.4, 0.5) is 9.93 Å². The summed E-state index contributed by atoms with van der Waals surface area (Å²) in [5, 5.41) is 4.02. The molecule has 1 N–H and O–H groups in total. The second kappa shape index (κ2) is 6.62. The summed E-state index contributed by atoms with van der Waals surface area (Å²) in [6.07, 6.45) is 1.65. The smallest absolute Gasteiger partial charge is 0.317 e. The molecular formula is C16H22N4O2S. The summed E-state index contributed by atoms with van der Waals surface area (Å²) in [4.78, 5) is 22.2. The molecule has 0 aliphatic carbocycles. The summed E-state index contributed by atoms with van der Waals surface area (Å²) in [6, 6.07) is 1.87. The SMILES string of the molecule is Cc1nc(N2CCN(C(=O)NCc3ccoc3C)CC2)sc1C. The van der Waals surface area contributed by atoms with E-state index in [-0.39, 0.29) is 6.03 Å². The average Bonchev–Trinajstić information content (AvgIpc) is 3.11. The Balaban J connectivity index is 1.50. The molecule has 124 valence electrons. The molecule has 7 heteroatoms. The highest BCUT2D eigenvalue weighted by molar-refractivity contribution is 7.15. The predicted molar refractivity (Wildman–Crippen MR) is 91.1 cm³/mol. The van der Waals surface area contributed by atoms with Crippen LogP contribution in [-0.2, 0) is 6.54 Å². The van der Waals surface area contributed by atoms with Crippen LogP contribution in [0.15, 0.2) is 16.7 Å². The largest absolute Gasteiger partial charge is 0.469 e. The van der Waals surface area contributed by atoms with Gasteiger partial charge in [-0.15, -0.1) is 11.3 Å². The highest BCUT2D eigenvalue weighted by Crippen LogP contribution is 2.25. The third-order valence-electron chi connectivity index (χ3n) is 4.25. The summed E-state index contributed by atoms with van der Waals surface area (Å²) in [6.45, 7) is 9.62. The molecule has 2 aromatic rings.